The number of para-hydroxylation sites is 2. The molecule has 0 aliphatic heterocycles. The molecular weight excluding hydrogens is 504 g/mol. The number of hydrogen-bond donors (Lipinski definition) is 1. The van der Waals surface area contributed by atoms with Crippen LogP contribution in [-0.4, -0.2) is 37.7 Å². The first-order chi connectivity index (χ1) is 18.2. The van der Waals surface area contributed by atoms with Crippen LogP contribution in [0.4, 0.5) is 17.2 Å². The molecule has 1 unspecified atom stereocenters. The fraction of sp³-hybridized carbons (Fsp3) is 0.0741. The summed E-state index contributed by atoms with van der Waals surface area (Å²) in [7, 11) is -0.113. The Morgan fingerprint density at radius 3 is 2.16 bits per heavy atom. The van der Waals surface area contributed by atoms with Crippen molar-refractivity contribution >= 4 is 38.2 Å². The van der Waals surface area contributed by atoms with Gasteiger partial charge < -0.3 is 4.90 Å². The summed E-state index contributed by atoms with van der Waals surface area (Å²) in [4.78, 5) is 21.5. The summed E-state index contributed by atoms with van der Waals surface area (Å²) < 4.78 is 29.8. The van der Waals surface area contributed by atoms with Gasteiger partial charge in [0.25, 0.3) is 11.5 Å². The van der Waals surface area contributed by atoms with Crippen LogP contribution in [0.15, 0.2) is 107 Å². The Morgan fingerprint density at radius 2 is 1.53 bits per heavy atom. The maximum Gasteiger partial charge on any atom is 0.374 e. The van der Waals surface area contributed by atoms with Gasteiger partial charge in [-0.3, -0.25) is 14.7 Å². The van der Waals surface area contributed by atoms with Gasteiger partial charge in [-0.1, -0.05) is 30.3 Å². The van der Waals surface area contributed by atoms with Crippen LogP contribution in [-0.2, 0) is 10.0 Å². The Morgan fingerprint density at radius 1 is 0.895 bits per heavy atom. The third-order valence-electron chi connectivity index (χ3n) is 5.87. The molecule has 1 atom stereocenters. The van der Waals surface area contributed by atoms with E-state index in [4.69, 9.17) is 0 Å². The van der Waals surface area contributed by atoms with E-state index in [0.717, 1.165) is 22.9 Å². The van der Waals surface area contributed by atoms with Crippen molar-refractivity contribution in [2.45, 2.75) is 4.90 Å². The average molecular weight is 528 g/mol. The molecule has 11 heteroatoms. The molecule has 190 valence electrons. The lowest BCUT2D eigenvalue weighted by atomic mass is 10.1. The predicted octanol–water partition coefficient (Wildman–Crippen LogP) is 5.18. The third kappa shape index (κ3) is 5.05. The van der Waals surface area contributed by atoms with Crippen molar-refractivity contribution in [3.8, 4) is 16.9 Å². The van der Waals surface area contributed by atoms with E-state index in [-0.39, 0.29) is 22.2 Å². The quantitative estimate of drug-likeness (QED) is 0.183. The first kappa shape index (κ1) is 24.9. The topological polar surface area (TPSA) is 126 Å². The summed E-state index contributed by atoms with van der Waals surface area (Å²) in [5.74, 6) is 0.168. The molecule has 0 spiro atoms. The highest BCUT2D eigenvalue weighted by molar-refractivity contribution is 7.88. The second-order valence-corrected chi connectivity index (χ2v) is 10.3. The number of non-ortho nitro benzene ring substituents is 1. The van der Waals surface area contributed by atoms with Crippen LogP contribution in [0.3, 0.4) is 0 Å². The summed E-state index contributed by atoms with van der Waals surface area (Å²) in [5, 5.41) is 11.2. The average Bonchev–Trinajstić information content (AvgIpc) is 2.93. The molecule has 5 rings (SSSR count). The smallest absolute Gasteiger partial charge is 0.374 e. The number of nitrogens with zero attached hydrogens (tertiary/aromatic N) is 6. The van der Waals surface area contributed by atoms with Gasteiger partial charge in [-0.15, -0.1) is 4.36 Å². The first-order valence-corrected chi connectivity index (χ1v) is 13.0. The van der Waals surface area contributed by atoms with Gasteiger partial charge in [-0.05, 0) is 58.6 Å². The molecule has 38 heavy (non-hydrogen) atoms. The number of nitro benzene ring substituents is 1. The van der Waals surface area contributed by atoms with Gasteiger partial charge in [0.1, 0.15) is 5.52 Å². The first-order valence-electron chi connectivity index (χ1n) is 11.5. The maximum atomic E-state index is 13.3. The van der Waals surface area contributed by atoms with E-state index >= 15 is 0 Å². The van der Waals surface area contributed by atoms with Gasteiger partial charge in [0, 0.05) is 31.9 Å². The molecule has 0 fully saturated rings. The fourth-order valence-corrected chi connectivity index (χ4v) is 4.85. The van der Waals surface area contributed by atoms with Crippen LogP contribution in [0.2, 0.25) is 0 Å². The Hall–Kier alpha value is -4.74. The molecule has 0 bridgehead atoms. The lowest BCUT2D eigenvalue weighted by molar-refractivity contribution is -0.598. The molecule has 1 N–H and O–H groups in total. The number of nitro groups is 1. The highest BCUT2D eigenvalue weighted by atomic mass is 32.2. The molecule has 3 aromatic carbocycles. The highest BCUT2D eigenvalue weighted by Crippen LogP contribution is 2.26. The van der Waals surface area contributed by atoms with Crippen LogP contribution in [0.25, 0.3) is 28.0 Å². The molecule has 10 nitrogen and oxygen atoms in total. The standard InChI is InChI=1S/C27H22N6O4S/c1-31(2)21-12-10-19(11-13-21)20-14-16-32(17-15-20)27-26(28-24-8-3-4-9-25(24)29-27)30-38(36,37)23-7-5-6-22(18-23)33(34)35/h3-18H,1-2H3/p+1. The van der Waals surface area contributed by atoms with Crippen LogP contribution in [0, 0.1) is 10.1 Å². The molecule has 0 saturated heterocycles. The molecule has 0 aliphatic rings. The van der Waals surface area contributed by atoms with Crippen LogP contribution >= 0.6 is 0 Å². The van der Waals surface area contributed by atoms with E-state index in [1.54, 1.807) is 35.2 Å². The number of aromatic nitrogens is 3. The Bertz CT molecular complexity index is 1780. The van der Waals surface area contributed by atoms with Gasteiger partial charge in [0.2, 0.25) is 5.52 Å². The van der Waals surface area contributed by atoms with E-state index in [1.807, 2.05) is 61.5 Å². The van der Waals surface area contributed by atoms with Crippen molar-refractivity contribution in [3.63, 3.8) is 0 Å². The monoisotopic (exact) mass is 527 g/mol. The van der Waals surface area contributed by atoms with Crippen molar-refractivity contribution in [1.29, 1.82) is 0 Å². The van der Waals surface area contributed by atoms with Crippen molar-refractivity contribution in [2.75, 3.05) is 19.0 Å². The van der Waals surface area contributed by atoms with Gasteiger partial charge in [0.05, 0.1) is 22.2 Å². The Labute approximate surface area is 219 Å². The zero-order valence-corrected chi connectivity index (χ0v) is 21.3. The van der Waals surface area contributed by atoms with E-state index in [1.165, 1.54) is 18.2 Å². The second-order valence-electron chi connectivity index (χ2n) is 8.64. The molecule has 0 radical (unpaired) electrons. The zero-order valence-electron chi connectivity index (χ0n) is 20.5. The normalized spacial score (nSPS) is 12.6. The van der Waals surface area contributed by atoms with Gasteiger partial charge in [0.15, 0.2) is 10.0 Å². The second kappa shape index (κ2) is 9.96. The summed E-state index contributed by atoms with van der Waals surface area (Å²) in [5.41, 5.74) is 3.85. The number of rotatable bonds is 6. The molecular formula is C27H23N6O4S+. The van der Waals surface area contributed by atoms with Crippen molar-refractivity contribution in [2.24, 2.45) is 4.36 Å². The Kier molecular flexibility index (Phi) is 6.53. The molecule has 2 heterocycles. The van der Waals surface area contributed by atoms with E-state index in [0.29, 0.717) is 11.0 Å². The number of fused-ring (bicyclic) bond motifs is 1. The van der Waals surface area contributed by atoms with E-state index in [9.17, 15) is 18.9 Å². The third-order valence-corrected chi connectivity index (χ3v) is 7.16. The summed E-state index contributed by atoms with van der Waals surface area (Å²) in [6.07, 6.45) is 3.55. The van der Waals surface area contributed by atoms with Gasteiger partial charge in [-0.2, -0.15) is 4.57 Å². The van der Waals surface area contributed by atoms with Gasteiger partial charge >= 0.3 is 5.82 Å². The molecule has 0 amide bonds. The minimum Gasteiger partial charge on any atom is -0.378 e. The lowest BCUT2D eigenvalue weighted by Crippen LogP contribution is -2.31. The van der Waals surface area contributed by atoms with Gasteiger partial charge in [-0.25, -0.2) is 9.19 Å². The molecule has 5 aromatic rings. The van der Waals surface area contributed by atoms with Crippen LogP contribution in [0.5, 0.6) is 0 Å². The fourth-order valence-electron chi connectivity index (χ4n) is 3.86. The summed E-state index contributed by atoms with van der Waals surface area (Å²) in [6, 6.07) is 24.0. The van der Waals surface area contributed by atoms with Crippen LogP contribution < -0.4 is 9.47 Å². The molecule has 0 aliphatic carbocycles. The summed E-state index contributed by atoms with van der Waals surface area (Å²) in [6.45, 7) is 0. The van der Waals surface area contributed by atoms with Crippen molar-refractivity contribution in [1.82, 2.24) is 9.97 Å². The lowest BCUT2D eigenvalue weighted by Gasteiger charge is -2.12. The SMILES string of the molecule is CN(C)c1ccc(-c2cc[n+](-c3nc4ccccc4nc3N=S(=O)(O)c3cccc([N+](=O)[O-])c3)cc2)cc1. The van der Waals surface area contributed by atoms with Crippen molar-refractivity contribution < 1.29 is 18.3 Å². The maximum absolute atomic E-state index is 13.3. The highest BCUT2D eigenvalue weighted by Gasteiger charge is 2.23. The Balaban J connectivity index is 1.61. The van der Waals surface area contributed by atoms with E-state index in [2.05, 4.69) is 14.3 Å². The minimum absolute atomic E-state index is 0.0733. The number of anilines is 1. The van der Waals surface area contributed by atoms with E-state index < -0.39 is 14.9 Å². The minimum atomic E-state index is -4.08. The largest absolute Gasteiger partial charge is 0.378 e. The zero-order chi connectivity index (χ0) is 26.9. The number of benzene rings is 3. The molecule has 2 aromatic heterocycles. The molecule has 0 saturated carbocycles. The van der Waals surface area contributed by atoms with Crippen LogP contribution in [0.1, 0.15) is 0 Å². The number of pyridine rings is 1. The van der Waals surface area contributed by atoms with Crippen molar-refractivity contribution in [3.05, 3.63) is 107 Å². The number of hydrogen-bond acceptors (Lipinski definition) is 7. The predicted molar refractivity (Wildman–Crippen MR) is 145 cm³/mol. The summed E-state index contributed by atoms with van der Waals surface area (Å²) >= 11 is 0.